The van der Waals surface area contributed by atoms with Gasteiger partial charge in [-0.05, 0) is 37.6 Å². The van der Waals surface area contributed by atoms with E-state index >= 15 is 0 Å². The van der Waals surface area contributed by atoms with Crippen LogP contribution in [-0.2, 0) is 17.6 Å². The van der Waals surface area contributed by atoms with Crippen molar-refractivity contribution >= 4 is 29.1 Å². The first-order valence-corrected chi connectivity index (χ1v) is 10.0. The molecular weight excluding hydrogens is 398 g/mol. The summed E-state index contributed by atoms with van der Waals surface area (Å²) in [5.41, 5.74) is 7.93. The number of nitrogens with one attached hydrogen (secondary N) is 3. The van der Waals surface area contributed by atoms with Crippen LogP contribution >= 0.6 is 0 Å². The quantitative estimate of drug-likeness (QED) is 0.413. The summed E-state index contributed by atoms with van der Waals surface area (Å²) < 4.78 is 5.40. The number of carbonyl (C=O) groups is 2. The van der Waals surface area contributed by atoms with E-state index < -0.39 is 5.91 Å². The molecular formula is C21H31N7O3. The summed E-state index contributed by atoms with van der Waals surface area (Å²) in [4.78, 5) is 34.5. The van der Waals surface area contributed by atoms with Gasteiger partial charge in [-0.25, -0.2) is 9.97 Å². The minimum absolute atomic E-state index is 0.0719. The molecule has 2 rings (SSSR count). The van der Waals surface area contributed by atoms with Crippen molar-refractivity contribution in [3.63, 3.8) is 0 Å². The molecule has 0 saturated heterocycles. The topological polar surface area (TPSA) is 134 Å². The van der Waals surface area contributed by atoms with E-state index in [4.69, 9.17) is 10.5 Å². The number of hydrogen-bond donors (Lipinski definition) is 4. The normalized spacial score (nSPS) is 10.5. The molecule has 0 aliphatic heterocycles. The number of aryl methyl sites for hydroxylation is 1. The van der Waals surface area contributed by atoms with Gasteiger partial charge in [0, 0.05) is 32.4 Å². The number of nitrogens with two attached hydrogens (primary N) is 1. The molecule has 168 valence electrons. The number of methoxy groups -OCH3 is 1. The van der Waals surface area contributed by atoms with E-state index in [1.807, 2.05) is 38.1 Å². The highest BCUT2D eigenvalue weighted by Crippen LogP contribution is 2.27. The first-order chi connectivity index (χ1) is 14.8. The number of anilines is 3. The number of rotatable bonds is 11. The van der Waals surface area contributed by atoms with Crippen LogP contribution in [-0.4, -0.2) is 63.1 Å². The van der Waals surface area contributed by atoms with Crippen LogP contribution in [0, 0.1) is 0 Å². The monoisotopic (exact) mass is 429 g/mol. The zero-order valence-corrected chi connectivity index (χ0v) is 18.7. The maximum Gasteiger partial charge on any atom is 0.271 e. The standard InChI is InChI=1S/C21H31N7O3/c1-6-16-21(28(3)4)27-20(18(26-16)19(22)30)25-14-9-13(10-15(11-14)31-5)7-8-24-17(29)12-23-2/h9-11,23H,6-8,12H2,1-5H3,(H2,22,30)(H,24,29)(H,25,27). The van der Waals surface area contributed by atoms with Crippen LogP contribution in [0.4, 0.5) is 17.3 Å². The smallest absolute Gasteiger partial charge is 0.271 e. The molecule has 0 spiro atoms. The third-order valence-electron chi connectivity index (χ3n) is 4.48. The van der Waals surface area contributed by atoms with Crippen LogP contribution in [0.2, 0.25) is 0 Å². The number of primary amides is 1. The fraction of sp³-hybridized carbons (Fsp3) is 0.429. The molecule has 0 fully saturated rings. The Bertz CT molecular complexity index is 931. The Labute approximate surface area is 182 Å². The van der Waals surface area contributed by atoms with Gasteiger partial charge in [0.15, 0.2) is 17.3 Å². The summed E-state index contributed by atoms with van der Waals surface area (Å²) >= 11 is 0. The zero-order chi connectivity index (χ0) is 23.0. The molecule has 0 radical (unpaired) electrons. The second-order valence-corrected chi connectivity index (χ2v) is 7.13. The number of aromatic nitrogens is 2. The highest BCUT2D eigenvalue weighted by atomic mass is 16.5. The van der Waals surface area contributed by atoms with Crippen LogP contribution in [0.3, 0.4) is 0 Å². The second kappa shape index (κ2) is 11.1. The predicted molar refractivity (Wildman–Crippen MR) is 121 cm³/mol. The molecule has 2 aromatic rings. The van der Waals surface area contributed by atoms with E-state index in [0.717, 1.165) is 5.56 Å². The van der Waals surface area contributed by atoms with Gasteiger partial charge >= 0.3 is 0 Å². The van der Waals surface area contributed by atoms with Gasteiger partial charge in [-0.3, -0.25) is 9.59 Å². The lowest BCUT2D eigenvalue weighted by Gasteiger charge is -2.19. The lowest BCUT2D eigenvalue weighted by atomic mass is 10.1. The van der Waals surface area contributed by atoms with E-state index in [1.165, 1.54) is 0 Å². The van der Waals surface area contributed by atoms with Crippen molar-refractivity contribution in [1.82, 2.24) is 20.6 Å². The van der Waals surface area contributed by atoms with Crippen molar-refractivity contribution in [3.8, 4) is 5.75 Å². The first kappa shape index (κ1) is 23.9. The van der Waals surface area contributed by atoms with Crippen molar-refractivity contribution in [2.45, 2.75) is 19.8 Å². The van der Waals surface area contributed by atoms with Crippen LogP contribution < -0.4 is 31.3 Å². The van der Waals surface area contributed by atoms with E-state index in [1.54, 1.807) is 20.2 Å². The molecule has 0 unspecified atom stereocenters. The Balaban J connectivity index is 2.33. The van der Waals surface area contributed by atoms with Crippen LogP contribution in [0.5, 0.6) is 5.75 Å². The Kier molecular flexibility index (Phi) is 8.56. The number of hydrogen-bond acceptors (Lipinski definition) is 8. The van der Waals surface area contributed by atoms with Gasteiger partial charge < -0.3 is 31.3 Å². The predicted octanol–water partition coefficient (Wildman–Crippen LogP) is 0.834. The maximum absolute atomic E-state index is 12.0. The summed E-state index contributed by atoms with van der Waals surface area (Å²) in [6.45, 7) is 2.69. The molecule has 1 aromatic carbocycles. The molecule has 0 bridgehead atoms. The van der Waals surface area contributed by atoms with E-state index in [2.05, 4.69) is 25.9 Å². The van der Waals surface area contributed by atoms with Crippen molar-refractivity contribution < 1.29 is 14.3 Å². The fourth-order valence-electron chi connectivity index (χ4n) is 3.02. The summed E-state index contributed by atoms with van der Waals surface area (Å²) in [5, 5.41) is 8.81. The molecule has 2 amide bonds. The molecule has 10 nitrogen and oxygen atoms in total. The van der Waals surface area contributed by atoms with Gasteiger partial charge in [-0.2, -0.15) is 0 Å². The summed E-state index contributed by atoms with van der Waals surface area (Å²) in [5.74, 6) is 0.830. The van der Waals surface area contributed by atoms with Crippen molar-refractivity contribution in [2.75, 3.05) is 51.6 Å². The SMILES string of the molecule is CCc1nc(C(N)=O)c(Nc2cc(CCNC(=O)CNC)cc(OC)c2)nc1N(C)C. The minimum atomic E-state index is -0.662. The van der Waals surface area contributed by atoms with Crippen molar-refractivity contribution in [2.24, 2.45) is 5.73 Å². The highest BCUT2D eigenvalue weighted by Gasteiger charge is 2.18. The fourth-order valence-corrected chi connectivity index (χ4v) is 3.02. The average Bonchev–Trinajstić information content (AvgIpc) is 2.73. The van der Waals surface area contributed by atoms with Gasteiger partial charge in [0.1, 0.15) is 5.75 Å². The molecule has 1 heterocycles. The number of likely N-dealkylation sites (N-methyl/N-ethyl adjacent to an activating group) is 1. The highest BCUT2D eigenvalue weighted by molar-refractivity contribution is 5.96. The maximum atomic E-state index is 12.0. The molecule has 0 aliphatic carbocycles. The second-order valence-electron chi connectivity index (χ2n) is 7.13. The van der Waals surface area contributed by atoms with Gasteiger partial charge in [-0.1, -0.05) is 6.92 Å². The minimum Gasteiger partial charge on any atom is -0.497 e. The lowest BCUT2D eigenvalue weighted by molar-refractivity contribution is -0.120. The third-order valence-corrected chi connectivity index (χ3v) is 4.48. The summed E-state index contributed by atoms with van der Waals surface area (Å²) in [7, 11) is 7.02. The van der Waals surface area contributed by atoms with E-state index in [0.29, 0.717) is 42.3 Å². The van der Waals surface area contributed by atoms with Crippen LogP contribution in [0.15, 0.2) is 18.2 Å². The number of benzene rings is 1. The Morgan fingerprint density at radius 1 is 1.19 bits per heavy atom. The molecule has 0 atom stereocenters. The lowest BCUT2D eigenvalue weighted by Crippen LogP contribution is -2.33. The van der Waals surface area contributed by atoms with Gasteiger partial charge in [0.2, 0.25) is 5.91 Å². The van der Waals surface area contributed by atoms with Gasteiger partial charge in [0.05, 0.1) is 19.3 Å². The van der Waals surface area contributed by atoms with Gasteiger partial charge in [0.25, 0.3) is 5.91 Å². The molecule has 31 heavy (non-hydrogen) atoms. The molecule has 1 aromatic heterocycles. The largest absolute Gasteiger partial charge is 0.497 e. The van der Waals surface area contributed by atoms with Crippen molar-refractivity contribution in [1.29, 1.82) is 0 Å². The number of carbonyl (C=O) groups excluding carboxylic acids is 2. The first-order valence-electron chi connectivity index (χ1n) is 10.0. The molecule has 0 aliphatic rings. The Morgan fingerprint density at radius 2 is 1.94 bits per heavy atom. The van der Waals surface area contributed by atoms with E-state index in [-0.39, 0.29) is 24.0 Å². The number of ether oxygens (including phenoxy) is 1. The van der Waals surface area contributed by atoms with Gasteiger partial charge in [-0.15, -0.1) is 0 Å². The van der Waals surface area contributed by atoms with Crippen LogP contribution in [0.1, 0.15) is 28.7 Å². The van der Waals surface area contributed by atoms with Crippen LogP contribution in [0.25, 0.3) is 0 Å². The van der Waals surface area contributed by atoms with E-state index in [9.17, 15) is 9.59 Å². The molecule has 5 N–H and O–H groups in total. The number of nitrogens with zero attached hydrogens (tertiary/aromatic N) is 3. The molecule has 10 heteroatoms. The zero-order valence-electron chi connectivity index (χ0n) is 18.7. The Hall–Kier alpha value is -3.40. The third kappa shape index (κ3) is 6.54. The Morgan fingerprint density at radius 3 is 2.52 bits per heavy atom. The summed E-state index contributed by atoms with van der Waals surface area (Å²) in [6, 6.07) is 5.59. The summed E-state index contributed by atoms with van der Waals surface area (Å²) in [6.07, 6.45) is 1.22. The van der Waals surface area contributed by atoms with Crippen molar-refractivity contribution in [3.05, 3.63) is 35.2 Å². The average molecular weight is 430 g/mol. The molecule has 0 saturated carbocycles. The number of amides is 2.